The first-order valence-electron chi connectivity index (χ1n) is 10.0. The molecule has 0 bridgehead atoms. The quantitative estimate of drug-likeness (QED) is 0.311. The first-order chi connectivity index (χ1) is 16.3. The maximum atomic E-state index is 12.9. The van der Waals surface area contributed by atoms with Gasteiger partial charge in [0.1, 0.15) is 17.8 Å². The Bertz CT molecular complexity index is 1440. The highest BCUT2D eigenvalue weighted by molar-refractivity contribution is 6.11. The fourth-order valence-corrected chi connectivity index (χ4v) is 3.33. The molecular weight excluding hydrogens is 438 g/mol. The molecule has 0 fully saturated rings. The molecule has 0 aliphatic carbocycles. The van der Waals surface area contributed by atoms with E-state index in [4.69, 9.17) is 11.5 Å². The smallest absolute Gasteiger partial charge is 0.259 e. The van der Waals surface area contributed by atoms with Crippen molar-refractivity contribution in [1.29, 1.82) is 0 Å². The molecule has 4 aromatic rings. The number of phenols is 1. The number of amides is 3. The Morgan fingerprint density at radius 2 is 1.68 bits per heavy atom. The molecule has 34 heavy (non-hydrogen) atoms. The number of carbonyl (C=O) groups is 3. The molecule has 3 amide bonds. The molecule has 1 aromatic heterocycles. The lowest BCUT2D eigenvalue weighted by atomic mass is 10.0. The third-order valence-electron chi connectivity index (χ3n) is 4.90. The SMILES string of the molecule is NC(=O)Cn1ncc(C(N)=O)c1/N=N/c1c(O)c(C(=O)Nc2ccccc2)cc2ccccc12. The largest absolute Gasteiger partial charge is 0.505 e. The van der Waals surface area contributed by atoms with Gasteiger partial charge in [-0.1, -0.05) is 42.5 Å². The molecule has 4 rings (SSSR count). The molecule has 3 aromatic carbocycles. The Hall–Kier alpha value is -5.06. The Labute approximate surface area is 192 Å². The molecule has 0 aliphatic rings. The van der Waals surface area contributed by atoms with Crippen LogP contribution in [0.25, 0.3) is 10.8 Å². The predicted molar refractivity (Wildman–Crippen MR) is 124 cm³/mol. The zero-order chi connectivity index (χ0) is 24.2. The van der Waals surface area contributed by atoms with Crippen molar-refractivity contribution in [1.82, 2.24) is 9.78 Å². The van der Waals surface area contributed by atoms with E-state index in [1.54, 1.807) is 48.5 Å². The van der Waals surface area contributed by atoms with Gasteiger partial charge < -0.3 is 21.9 Å². The number of aromatic nitrogens is 2. The number of primary amides is 2. The number of phenolic OH excluding ortho intramolecular Hbond substituents is 1. The normalized spacial score (nSPS) is 11.1. The van der Waals surface area contributed by atoms with Gasteiger partial charge in [0, 0.05) is 11.1 Å². The van der Waals surface area contributed by atoms with Crippen LogP contribution in [0.15, 0.2) is 77.1 Å². The van der Waals surface area contributed by atoms with E-state index in [0.717, 1.165) is 10.9 Å². The summed E-state index contributed by atoms with van der Waals surface area (Å²) < 4.78 is 1.07. The van der Waals surface area contributed by atoms with Crippen LogP contribution >= 0.6 is 0 Å². The number of hydrogen-bond acceptors (Lipinski definition) is 7. The highest BCUT2D eigenvalue weighted by Gasteiger charge is 2.20. The van der Waals surface area contributed by atoms with Crippen molar-refractivity contribution in [2.45, 2.75) is 6.54 Å². The predicted octanol–water partition coefficient (Wildman–Crippen LogP) is 2.99. The summed E-state index contributed by atoms with van der Waals surface area (Å²) >= 11 is 0. The number of benzene rings is 3. The van der Waals surface area contributed by atoms with Crippen LogP contribution in [0.3, 0.4) is 0 Å². The fraction of sp³-hybridized carbons (Fsp3) is 0.0435. The number of rotatable bonds is 7. The van der Waals surface area contributed by atoms with E-state index < -0.39 is 23.5 Å². The summed E-state index contributed by atoms with van der Waals surface area (Å²) in [5, 5.41) is 26.8. The molecule has 0 radical (unpaired) electrons. The van der Waals surface area contributed by atoms with Gasteiger partial charge in [-0.05, 0) is 23.6 Å². The first-order valence-corrected chi connectivity index (χ1v) is 10.0. The number of nitrogens with two attached hydrogens (primary N) is 2. The van der Waals surface area contributed by atoms with Gasteiger partial charge in [0.15, 0.2) is 11.6 Å². The van der Waals surface area contributed by atoms with Gasteiger partial charge in [-0.15, -0.1) is 10.2 Å². The lowest BCUT2D eigenvalue weighted by molar-refractivity contribution is -0.118. The van der Waals surface area contributed by atoms with E-state index in [-0.39, 0.29) is 29.2 Å². The minimum Gasteiger partial charge on any atom is -0.505 e. The van der Waals surface area contributed by atoms with Crippen LogP contribution in [0.5, 0.6) is 5.75 Å². The molecular formula is C23H19N7O4. The molecule has 11 heteroatoms. The van der Waals surface area contributed by atoms with Gasteiger partial charge in [-0.25, -0.2) is 4.68 Å². The molecule has 0 aliphatic heterocycles. The van der Waals surface area contributed by atoms with Crippen LogP contribution in [0.4, 0.5) is 17.2 Å². The number of azo groups is 1. The summed E-state index contributed by atoms with van der Waals surface area (Å²) in [7, 11) is 0. The Balaban J connectivity index is 1.82. The van der Waals surface area contributed by atoms with Crippen LogP contribution in [0, 0.1) is 0 Å². The molecule has 170 valence electrons. The number of para-hydroxylation sites is 1. The van der Waals surface area contributed by atoms with Gasteiger partial charge in [0.2, 0.25) is 5.91 Å². The highest BCUT2D eigenvalue weighted by Crippen LogP contribution is 2.39. The zero-order valence-electron chi connectivity index (χ0n) is 17.7. The standard InChI is InChI=1S/C23H19N7O4/c24-18(31)12-30-22(17(11-26-30)21(25)33)29-28-19-15-9-5-4-6-13(15)10-16(20(19)32)23(34)27-14-7-2-1-3-8-14/h1-11,32H,12H2,(H2,24,31)(H2,25,33)(H,27,34)/b29-28+. The number of nitrogens with one attached hydrogen (secondary N) is 1. The van der Waals surface area contributed by atoms with Gasteiger partial charge in [-0.3, -0.25) is 14.4 Å². The molecule has 1 heterocycles. The van der Waals surface area contributed by atoms with Crippen LogP contribution in [-0.2, 0) is 11.3 Å². The van der Waals surface area contributed by atoms with E-state index in [1.165, 1.54) is 6.07 Å². The van der Waals surface area contributed by atoms with Gasteiger partial charge in [-0.2, -0.15) is 5.10 Å². The number of fused-ring (bicyclic) bond motifs is 1. The maximum absolute atomic E-state index is 12.9. The summed E-state index contributed by atoms with van der Waals surface area (Å²) in [6.07, 6.45) is 1.14. The summed E-state index contributed by atoms with van der Waals surface area (Å²) in [6.45, 7) is -0.367. The third kappa shape index (κ3) is 4.43. The molecule has 0 atom stereocenters. The van der Waals surface area contributed by atoms with E-state index in [2.05, 4.69) is 20.6 Å². The van der Waals surface area contributed by atoms with Crippen molar-refractivity contribution < 1.29 is 19.5 Å². The van der Waals surface area contributed by atoms with Crippen LogP contribution in [0.1, 0.15) is 20.7 Å². The first kappa shape index (κ1) is 22.1. The molecule has 0 saturated carbocycles. The zero-order valence-corrected chi connectivity index (χ0v) is 17.7. The van der Waals surface area contributed by atoms with Crippen molar-refractivity contribution in [3.05, 3.63) is 78.0 Å². The number of anilines is 1. The second-order valence-electron chi connectivity index (χ2n) is 7.23. The second kappa shape index (κ2) is 9.20. The Kier molecular flexibility index (Phi) is 5.99. The fourth-order valence-electron chi connectivity index (χ4n) is 3.33. The van der Waals surface area contributed by atoms with Crippen molar-refractivity contribution in [3.8, 4) is 5.75 Å². The lowest BCUT2D eigenvalue weighted by Gasteiger charge is -2.11. The average Bonchev–Trinajstić information content (AvgIpc) is 3.20. The van der Waals surface area contributed by atoms with Crippen molar-refractivity contribution in [2.24, 2.45) is 21.7 Å². The molecule has 11 nitrogen and oxygen atoms in total. The van der Waals surface area contributed by atoms with E-state index in [9.17, 15) is 19.5 Å². The summed E-state index contributed by atoms with van der Waals surface area (Å²) in [5.41, 5.74) is 11.0. The van der Waals surface area contributed by atoms with Crippen LogP contribution < -0.4 is 16.8 Å². The minimum atomic E-state index is -0.838. The minimum absolute atomic E-state index is 0.0152. The molecule has 6 N–H and O–H groups in total. The number of carbonyl (C=O) groups excluding carboxylic acids is 3. The highest BCUT2D eigenvalue weighted by atomic mass is 16.3. The Morgan fingerprint density at radius 1 is 0.971 bits per heavy atom. The topological polar surface area (TPSA) is 178 Å². The van der Waals surface area contributed by atoms with Gasteiger partial charge in [0.05, 0.1) is 11.8 Å². The second-order valence-corrected chi connectivity index (χ2v) is 7.23. The van der Waals surface area contributed by atoms with E-state index >= 15 is 0 Å². The van der Waals surface area contributed by atoms with Gasteiger partial charge >= 0.3 is 0 Å². The average molecular weight is 457 g/mol. The molecule has 0 spiro atoms. The Morgan fingerprint density at radius 3 is 2.38 bits per heavy atom. The third-order valence-corrected chi connectivity index (χ3v) is 4.90. The van der Waals surface area contributed by atoms with Crippen LogP contribution in [-0.4, -0.2) is 32.6 Å². The van der Waals surface area contributed by atoms with Crippen molar-refractivity contribution in [3.63, 3.8) is 0 Å². The number of nitrogens with zero attached hydrogens (tertiary/aromatic N) is 4. The lowest BCUT2D eigenvalue weighted by Crippen LogP contribution is -2.19. The van der Waals surface area contributed by atoms with Crippen molar-refractivity contribution in [2.75, 3.05) is 5.32 Å². The van der Waals surface area contributed by atoms with E-state index in [0.29, 0.717) is 16.5 Å². The van der Waals surface area contributed by atoms with E-state index in [1.807, 2.05) is 6.07 Å². The van der Waals surface area contributed by atoms with Crippen LogP contribution in [0.2, 0.25) is 0 Å². The summed E-state index contributed by atoms with van der Waals surface area (Å²) in [4.78, 5) is 36.1. The maximum Gasteiger partial charge on any atom is 0.259 e. The molecule has 0 unspecified atom stereocenters. The molecule has 0 saturated heterocycles. The monoisotopic (exact) mass is 457 g/mol. The van der Waals surface area contributed by atoms with Gasteiger partial charge in [0.25, 0.3) is 11.8 Å². The number of hydrogen-bond donors (Lipinski definition) is 4. The summed E-state index contributed by atoms with van der Waals surface area (Å²) in [5.74, 6) is -2.65. The number of aromatic hydroxyl groups is 1. The summed E-state index contributed by atoms with van der Waals surface area (Å²) in [6, 6.07) is 17.2. The van der Waals surface area contributed by atoms with Crippen molar-refractivity contribution >= 4 is 45.7 Å².